The third kappa shape index (κ3) is 4.92. The molecule has 5 atom stereocenters. The van der Waals surface area contributed by atoms with Crippen molar-refractivity contribution in [3.63, 3.8) is 0 Å². The average Bonchev–Trinajstić information content (AvgIpc) is 3.13. The predicted molar refractivity (Wildman–Crippen MR) is 97.4 cm³/mol. The van der Waals surface area contributed by atoms with Gasteiger partial charge in [0.15, 0.2) is 17.4 Å². The zero-order valence-electron chi connectivity index (χ0n) is 14.4. The molecule has 30 heavy (non-hydrogen) atoms. The Morgan fingerprint density at radius 3 is 2.60 bits per heavy atom. The minimum absolute atomic E-state index is 0.0939. The molecule has 0 amide bonds. The summed E-state index contributed by atoms with van der Waals surface area (Å²) in [5.41, 5.74) is 4.57. The highest BCUT2D eigenvalue weighted by Gasteiger charge is 2.50. The molecule has 168 valence electrons. The smallest absolute Gasteiger partial charge is 0.387 e. The molecule has 0 aliphatic carbocycles. The third-order valence-corrected chi connectivity index (χ3v) is 7.35. The van der Waals surface area contributed by atoms with E-state index in [1.165, 1.54) is 0 Å². The summed E-state index contributed by atoms with van der Waals surface area (Å²) in [4.78, 5) is 57.7. The lowest BCUT2D eigenvalue weighted by Crippen LogP contribution is -2.39. The molecule has 17 nitrogen and oxygen atoms in total. The summed E-state index contributed by atoms with van der Waals surface area (Å²) in [6, 6.07) is 0. The molecule has 20 heteroatoms. The second-order valence-electron chi connectivity index (χ2n) is 5.87. The minimum Gasteiger partial charge on any atom is -0.387 e. The van der Waals surface area contributed by atoms with Gasteiger partial charge >= 0.3 is 25.8 Å². The van der Waals surface area contributed by atoms with Gasteiger partial charge in [-0.1, -0.05) is 4.18 Å². The largest absolute Gasteiger partial charge is 0.571 e. The van der Waals surface area contributed by atoms with Gasteiger partial charge < -0.3 is 35.6 Å². The van der Waals surface area contributed by atoms with E-state index < -0.39 is 62.2 Å². The van der Waals surface area contributed by atoms with Crippen LogP contribution in [0, 0.1) is 0 Å². The van der Waals surface area contributed by atoms with E-state index in [2.05, 4.69) is 23.4 Å². The Bertz CT molecular complexity index is 1090. The monoisotopic (exact) mass is 492 g/mol. The number of phosphoric acid groups is 1. The molecule has 0 aromatic carbocycles. The summed E-state index contributed by atoms with van der Waals surface area (Å²) >= 11 is -0.399. The standard InChI is InChI=1S/C10H15N5O12P2S/c11-10-13-6-2(7(18)14-10)12-1-15(6)8-4(17)3(16)5(25-8)9(19)26-30-29(23,24)27-28(20,21)22/h1,3-5,8-9,16-17,19H,(H6-,11,13,14,18,20,21,22,23,24)/p+1/t3-,4+,5-,8+,9?/m0/s1. The lowest BCUT2D eigenvalue weighted by Gasteiger charge is -2.16. The van der Waals surface area contributed by atoms with Gasteiger partial charge in [0.25, 0.3) is 5.56 Å². The van der Waals surface area contributed by atoms with Crippen LogP contribution in [0.4, 0.5) is 5.95 Å². The zero-order valence-corrected chi connectivity index (χ0v) is 17.0. The molecule has 0 saturated carbocycles. The van der Waals surface area contributed by atoms with E-state index in [4.69, 9.17) is 20.3 Å². The fraction of sp³-hybridized carbons (Fsp3) is 0.500. The van der Waals surface area contributed by atoms with Gasteiger partial charge in [0.2, 0.25) is 12.2 Å². The molecule has 3 heterocycles. The second-order valence-corrected chi connectivity index (χ2v) is 10.7. The summed E-state index contributed by atoms with van der Waals surface area (Å²) < 4.78 is 25.4. The molecular weight excluding hydrogens is 476 g/mol. The number of ether oxygens (including phenoxy) is 1. The van der Waals surface area contributed by atoms with Crippen LogP contribution in [0.5, 0.6) is 0 Å². The number of fused-ring (bicyclic) bond motifs is 1. The van der Waals surface area contributed by atoms with Gasteiger partial charge in [-0.3, -0.25) is 24.1 Å². The van der Waals surface area contributed by atoms with Gasteiger partial charge in [0.1, 0.15) is 18.3 Å². The fourth-order valence-corrected chi connectivity index (χ4v) is 5.74. The highest BCUT2D eigenvalue weighted by molar-refractivity contribution is 8.15. The lowest BCUT2D eigenvalue weighted by molar-refractivity contribution is -0.148. The van der Waals surface area contributed by atoms with Gasteiger partial charge in [-0.05, 0) is 0 Å². The van der Waals surface area contributed by atoms with Crippen molar-refractivity contribution < 1.29 is 52.7 Å². The van der Waals surface area contributed by atoms with Crippen LogP contribution in [-0.2, 0) is 29.0 Å². The summed E-state index contributed by atoms with van der Waals surface area (Å²) in [6.45, 7) is -4.81. The number of H-pyrrole nitrogens is 1. The number of aromatic amines is 1. The molecule has 3 rings (SSSR count). The van der Waals surface area contributed by atoms with E-state index >= 15 is 0 Å². The molecule has 1 aliphatic rings. The van der Waals surface area contributed by atoms with Crippen molar-refractivity contribution in [1.82, 2.24) is 19.5 Å². The topological polar surface area (TPSA) is 276 Å². The quantitative estimate of drug-likeness (QED) is 0.0816. The van der Waals surface area contributed by atoms with E-state index in [9.17, 15) is 34.5 Å². The fourth-order valence-electron chi connectivity index (χ4n) is 2.59. The highest BCUT2D eigenvalue weighted by atomic mass is 32.5. The predicted octanol–water partition coefficient (Wildman–Crippen LogP) is -3.57. The first-order valence-electron chi connectivity index (χ1n) is 7.67. The highest BCUT2D eigenvalue weighted by Crippen LogP contribution is 2.55. The molecule has 1 unspecified atom stereocenters. The van der Waals surface area contributed by atoms with Crippen molar-refractivity contribution in [2.75, 3.05) is 5.73 Å². The number of aliphatic hydroxyl groups excluding tert-OH is 3. The van der Waals surface area contributed by atoms with Gasteiger partial charge in [-0.2, -0.15) is 9.29 Å². The Balaban J connectivity index is 1.82. The third-order valence-electron chi connectivity index (χ3n) is 3.73. The van der Waals surface area contributed by atoms with Crippen molar-refractivity contribution in [2.24, 2.45) is 0 Å². The Labute approximate surface area is 169 Å². The molecule has 2 aromatic rings. The summed E-state index contributed by atoms with van der Waals surface area (Å²) in [6.07, 6.45) is -7.61. The molecular formula is C10H16N5O12P2S+. The summed E-state index contributed by atoms with van der Waals surface area (Å²) in [5, 5.41) is 30.4. The second kappa shape index (κ2) is 8.29. The normalized spacial score (nSPS) is 26.2. The maximum atomic E-state index is 11.8. The summed E-state index contributed by atoms with van der Waals surface area (Å²) in [5.74, 6) is -0.255. The maximum absolute atomic E-state index is 11.8. The molecule has 1 saturated heterocycles. The molecule has 1 aliphatic heterocycles. The van der Waals surface area contributed by atoms with Gasteiger partial charge in [-0.15, -0.1) is 0 Å². The van der Waals surface area contributed by atoms with Crippen molar-refractivity contribution >= 4 is 42.9 Å². The first kappa shape index (κ1) is 23.3. The van der Waals surface area contributed by atoms with Crippen molar-refractivity contribution in [1.29, 1.82) is 0 Å². The molecule has 0 radical (unpaired) electrons. The van der Waals surface area contributed by atoms with Crippen molar-refractivity contribution in [3.8, 4) is 0 Å². The Kier molecular flexibility index (Phi) is 6.43. The maximum Gasteiger partial charge on any atom is 0.571 e. The summed E-state index contributed by atoms with van der Waals surface area (Å²) in [7, 11) is -5.28. The number of nitrogen functional groups attached to an aromatic ring is 1. The van der Waals surface area contributed by atoms with Gasteiger partial charge in [0.05, 0.1) is 6.33 Å². The van der Waals surface area contributed by atoms with Crippen LogP contribution in [0.25, 0.3) is 11.2 Å². The number of hydrogen-bond donors (Lipinski definition) is 9. The molecule has 0 spiro atoms. The molecule has 2 aromatic heterocycles. The van der Waals surface area contributed by atoms with Crippen LogP contribution in [0.3, 0.4) is 0 Å². The molecule has 10 N–H and O–H groups in total. The number of nitrogens with two attached hydrogens (primary N) is 1. The molecule has 1 fully saturated rings. The van der Waals surface area contributed by atoms with Crippen LogP contribution in [0.2, 0.25) is 0 Å². The number of anilines is 1. The Hall–Kier alpha value is -1.37. The number of aromatic nitrogens is 4. The van der Waals surface area contributed by atoms with E-state index in [-0.39, 0.29) is 17.1 Å². The SMILES string of the molecule is Nc1nc2c(ncn2[C@@H]2O[C@H](C(O)O[S+]=P(O)(O)OP(=O)(O)O)[C@@H](O)[C@H]2O)c(=O)[nH]1. The van der Waals surface area contributed by atoms with Crippen LogP contribution in [-0.4, -0.2) is 79.0 Å². The first-order chi connectivity index (χ1) is 13.8. The van der Waals surface area contributed by atoms with Crippen LogP contribution in [0.15, 0.2) is 11.1 Å². The number of aliphatic hydroxyl groups is 3. The van der Waals surface area contributed by atoms with Crippen LogP contribution >= 0.6 is 14.5 Å². The van der Waals surface area contributed by atoms with Crippen molar-refractivity contribution in [3.05, 3.63) is 16.7 Å². The van der Waals surface area contributed by atoms with E-state index in [1.54, 1.807) is 0 Å². The van der Waals surface area contributed by atoms with Gasteiger partial charge in [0, 0.05) is 0 Å². The number of nitrogens with zero attached hydrogens (tertiary/aromatic N) is 3. The zero-order chi connectivity index (χ0) is 22.4. The van der Waals surface area contributed by atoms with E-state index in [1.807, 2.05) is 0 Å². The lowest BCUT2D eigenvalue weighted by atomic mass is 10.1. The molecule has 0 bridgehead atoms. The number of hydrogen-bond acceptors (Lipinski definition) is 11. The van der Waals surface area contributed by atoms with Gasteiger partial charge in [-0.25, -0.2) is 9.55 Å². The minimum atomic E-state index is -5.28. The Morgan fingerprint density at radius 1 is 1.30 bits per heavy atom. The number of rotatable bonds is 6. The first-order valence-corrected chi connectivity index (χ1v) is 12.2. The number of imidazole rings is 1. The number of nitrogens with one attached hydrogen (secondary N) is 1. The van der Waals surface area contributed by atoms with E-state index in [0.717, 1.165) is 10.9 Å². The van der Waals surface area contributed by atoms with Crippen molar-refractivity contribution in [2.45, 2.75) is 30.8 Å². The van der Waals surface area contributed by atoms with Crippen LogP contribution in [0.1, 0.15) is 6.23 Å². The Morgan fingerprint density at radius 2 is 1.97 bits per heavy atom. The van der Waals surface area contributed by atoms with E-state index in [0.29, 0.717) is 0 Å². The average molecular weight is 492 g/mol. The van der Waals surface area contributed by atoms with Crippen LogP contribution < -0.4 is 11.3 Å².